The Morgan fingerprint density at radius 2 is 1.79 bits per heavy atom. The van der Waals surface area contributed by atoms with E-state index < -0.39 is 17.9 Å². The minimum absolute atomic E-state index is 0.0225. The lowest BCUT2D eigenvalue weighted by Gasteiger charge is -2.37. The monoisotopic (exact) mass is 342 g/mol. The second kappa shape index (κ2) is 7.76. The van der Waals surface area contributed by atoms with Gasteiger partial charge in [-0.15, -0.1) is 0 Å². The number of halogens is 2. The van der Waals surface area contributed by atoms with E-state index in [1.165, 1.54) is 19.1 Å². The predicted octanol–water partition coefficient (Wildman–Crippen LogP) is 3.46. The Labute approximate surface area is 141 Å². The summed E-state index contributed by atoms with van der Waals surface area (Å²) in [6, 6.07) is 2.89. The third-order valence-electron chi connectivity index (χ3n) is 4.67. The zero-order valence-electron chi connectivity index (χ0n) is 14.1. The first-order valence-corrected chi connectivity index (χ1v) is 8.46. The average molecular weight is 342 g/mol. The predicted molar refractivity (Wildman–Crippen MR) is 83.9 cm³/mol. The van der Waals surface area contributed by atoms with Gasteiger partial charge in [-0.25, -0.2) is 4.39 Å². The molecule has 2 atom stereocenters. The number of rotatable bonds is 4. The molecule has 0 saturated carbocycles. The number of hydrogen-bond acceptors (Lipinski definition) is 4. The van der Waals surface area contributed by atoms with E-state index in [9.17, 15) is 8.78 Å². The molecule has 0 radical (unpaired) electrons. The van der Waals surface area contributed by atoms with Crippen molar-refractivity contribution in [1.82, 2.24) is 0 Å². The van der Waals surface area contributed by atoms with Crippen molar-refractivity contribution in [3.63, 3.8) is 0 Å². The van der Waals surface area contributed by atoms with Crippen molar-refractivity contribution in [2.24, 2.45) is 11.8 Å². The first-order chi connectivity index (χ1) is 11.5. The third kappa shape index (κ3) is 4.05. The maximum absolute atomic E-state index is 13.8. The highest BCUT2D eigenvalue weighted by atomic mass is 19.2. The fourth-order valence-corrected chi connectivity index (χ4v) is 3.04. The fourth-order valence-electron chi connectivity index (χ4n) is 3.04. The third-order valence-corrected chi connectivity index (χ3v) is 4.67. The van der Waals surface area contributed by atoms with Gasteiger partial charge < -0.3 is 18.9 Å². The highest BCUT2D eigenvalue weighted by molar-refractivity contribution is 5.30. The average Bonchev–Trinajstić information content (AvgIpc) is 2.60. The lowest BCUT2D eigenvalue weighted by Crippen LogP contribution is -2.43. The SMILES string of the molecule is Cc1ccc(OCC2OCC([C@@H]3CCC(C)CO3)CO2)c(F)c1F. The van der Waals surface area contributed by atoms with Gasteiger partial charge in [0.1, 0.15) is 6.61 Å². The van der Waals surface area contributed by atoms with Crippen LogP contribution in [0.25, 0.3) is 0 Å². The second-order valence-electron chi connectivity index (χ2n) is 6.73. The highest BCUT2D eigenvalue weighted by Crippen LogP contribution is 2.27. The number of benzene rings is 1. The Morgan fingerprint density at radius 3 is 2.46 bits per heavy atom. The molecule has 0 bridgehead atoms. The Kier molecular flexibility index (Phi) is 5.69. The van der Waals surface area contributed by atoms with Gasteiger partial charge in [-0.05, 0) is 37.3 Å². The molecule has 2 heterocycles. The van der Waals surface area contributed by atoms with Crippen LogP contribution in [0.5, 0.6) is 5.75 Å². The molecule has 2 saturated heterocycles. The molecule has 3 rings (SSSR count). The van der Waals surface area contributed by atoms with Crippen LogP contribution >= 0.6 is 0 Å². The van der Waals surface area contributed by atoms with Gasteiger partial charge in [-0.3, -0.25) is 0 Å². The molecule has 134 valence electrons. The normalized spacial score (nSPS) is 31.0. The molecule has 0 amide bonds. The van der Waals surface area contributed by atoms with E-state index in [1.54, 1.807) is 0 Å². The first-order valence-electron chi connectivity index (χ1n) is 8.46. The number of hydrogen-bond donors (Lipinski definition) is 0. The second-order valence-corrected chi connectivity index (χ2v) is 6.73. The lowest BCUT2D eigenvalue weighted by molar-refractivity contribution is -0.231. The maximum atomic E-state index is 13.8. The highest BCUT2D eigenvalue weighted by Gasteiger charge is 2.32. The first kappa shape index (κ1) is 17.6. The largest absolute Gasteiger partial charge is 0.485 e. The molecule has 0 aromatic heterocycles. The summed E-state index contributed by atoms with van der Waals surface area (Å²) >= 11 is 0. The summed E-state index contributed by atoms with van der Waals surface area (Å²) in [5, 5.41) is 0. The van der Waals surface area contributed by atoms with E-state index in [0.29, 0.717) is 19.1 Å². The van der Waals surface area contributed by atoms with Crippen molar-refractivity contribution in [3.8, 4) is 5.75 Å². The molecule has 4 nitrogen and oxygen atoms in total. The Morgan fingerprint density at radius 1 is 1.04 bits per heavy atom. The van der Waals surface area contributed by atoms with E-state index >= 15 is 0 Å². The van der Waals surface area contributed by atoms with Crippen LogP contribution in [0.15, 0.2) is 12.1 Å². The van der Waals surface area contributed by atoms with Gasteiger partial charge >= 0.3 is 0 Å². The summed E-state index contributed by atoms with van der Waals surface area (Å²) < 4.78 is 49.7. The van der Waals surface area contributed by atoms with Crippen LogP contribution in [0.4, 0.5) is 8.78 Å². The smallest absolute Gasteiger partial charge is 0.200 e. The summed E-state index contributed by atoms with van der Waals surface area (Å²) in [7, 11) is 0. The van der Waals surface area contributed by atoms with E-state index in [4.69, 9.17) is 18.9 Å². The maximum Gasteiger partial charge on any atom is 0.200 e. The van der Waals surface area contributed by atoms with Crippen LogP contribution in [0.3, 0.4) is 0 Å². The van der Waals surface area contributed by atoms with Crippen LogP contribution in [0, 0.1) is 30.4 Å². The number of ether oxygens (including phenoxy) is 4. The van der Waals surface area contributed by atoms with Crippen LogP contribution in [0.1, 0.15) is 25.3 Å². The zero-order valence-corrected chi connectivity index (χ0v) is 14.1. The van der Waals surface area contributed by atoms with Crippen molar-refractivity contribution in [2.75, 3.05) is 26.4 Å². The van der Waals surface area contributed by atoms with Crippen molar-refractivity contribution in [2.45, 2.75) is 39.1 Å². The fraction of sp³-hybridized carbons (Fsp3) is 0.667. The van der Waals surface area contributed by atoms with Crippen LogP contribution in [-0.2, 0) is 14.2 Å². The molecule has 6 heteroatoms. The Hall–Kier alpha value is -1.24. The van der Waals surface area contributed by atoms with Crippen molar-refractivity contribution < 1.29 is 27.7 Å². The summed E-state index contributed by atoms with van der Waals surface area (Å²) in [5.74, 6) is -1.17. The van der Waals surface area contributed by atoms with Crippen molar-refractivity contribution in [3.05, 3.63) is 29.3 Å². The van der Waals surface area contributed by atoms with Crippen LogP contribution in [-0.4, -0.2) is 38.8 Å². The van der Waals surface area contributed by atoms with Gasteiger partial charge in [0.2, 0.25) is 5.82 Å². The molecular weight excluding hydrogens is 318 g/mol. The van der Waals surface area contributed by atoms with Gasteiger partial charge in [-0.1, -0.05) is 13.0 Å². The van der Waals surface area contributed by atoms with Crippen LogP contribution in [0.2, 0.25) is 0 Å². The standard InChI is InChI=1S/C18H24F2O4/c1-11-3-5-14(21-7-11)13-8-23-16(24-9-13)10-22-15-6-4-12(2)17(19)18(15)20/h4,6,11,13-14,16H,3,5,7-10H2,1-2H3/t11?,13?,14-,16?/m0/s1. The molecule has 1 unspecified atom stereocenters. The Bertz CT molecular complexity index is 550. The van der Waals surface area contributed by atoms with Gasteiger partial charge in [0, 0.05) is 12.5 Å². The van der Waals surface area contributed by atoms with E-state index in [2.05, 4.69) is 6.92 Å². The number of aryl methyl sites for hydroxylation is 1. The quantitative estimate of drug-likeness (QED) is 0.840. The molecule has 24 heavy (non-hydrogen) atoms. The molecule has 2 fully saturated rings. The minimum Gasteiger partial charge on any atom is -0.485 e. The summed E-state index contributed by atoms with van der Waals surface area (Å²) in [6.45, 7) is 5.55. The Balaban J connectivity index is 1.45. The van der Waals surface area contributed by atoms with E-state index in [-0.39, 0.29) is 29.9 Å². The van der Waals surface area contributed by atoms with Gasteiger partial charge in [-0.2, -0.15) is 4.39 Å². The molecule has 0 aliphatic carbocycles. The molecule has 0 N–H and O–H groups in total. The molecule has 1 aromatic rings. The topological polar surface area (TPSA) is 36.9 Å². The molecular formula is C18H24F2O4. The van der Waals surface area contributed by atoms with Crippen molar-refractivity contribution in [1.29, 1.82) is 0 Å². The minimum atomic E-state index is -0.978. The lowest BCUT2D eigenvalue weighted by atomic mass is 9.92. The van der Waals surface area contributed by atoms with E-state index in [0.717, 1.165) is 19.4 Å². The zero-order chi connectivity index (χ0) is 17.1. The summed E-state index contributed by atoms with van der Waals surface area (Å²) in [5.41, 5.74) is 0.245. The van der Waals surface area contributed by atoms with Gasteiger partial charge in [0.15, 0.2) is 17.9 Å². The summed E-state index contributed by atoms with van der Waals surface area (Å²) in [4.78, 5) is 0. The van der Waals surface area contributed by atoms with Gasteiger partial charge in [0.25, 0.3) is 0 Å². The van der Waals surface area contributed by atoms with Gasteiger partial charge in [0.05, 0.1) is 19.3 Å². The van der Waals surface area contributed by atoms with Crippen LogP contribution < -0.4 is 4.74 Å². The summed E-state index contributed by atoms with van der Waals surface area (Å²) in [6.07, 6.45) is 1.78. The molecule has 2 aliphatic heterocycles. The van der Waals surface area contributed by atoms with E-state index in [1.807, 2.05) is 0 Å². The molecule has 0 spiro atoms. The molecule has 1 aromatic carbocycles. The van der Waals surface area contributed by atoms with Crippen molar-refractivity contribution >= 4 is 0 Å². The molecule has 2 aliphatic rings.